The van der Waals surface area contributed by atoms with Crippen LogP contribution in [0.1, 0.15) is 38.5 Å². The Balaban J connectivity index is 1.31. The molecule has 4 unspecified atom stereocenters. The minimum atomic E-state index is -0.155. The lowest BCUT2D eigenvalue weighted by Crippen LogP contribution is -2.45. The van der Waals surface area contributed by atoms with E-state index in [9.17, 15) is 14.4 Å². The van der Waals surface area contributed by atoms with Crippen LogP contribution in [0.15, 0.2) is 17.1 Å². The first-order valence-corrected chi connectivity index (χ1v) is 11.7. The molecule has 8 heteroatoms. The molecule has 31 heavy (non-hydrogen) atoms. The van der Waals surface area contributed by atoms with Gasteiger partial charge in [-0.15, -0.1) is 0 Å². The first kappa shape index (κ1) is 21.8. The van der Waals surface area contributed by atoms with Crippen molar-refractivity contribution in [3.05, 3.63) is 12.2 Å². The molecule has 3 amide bonds. The van der Waals surface area contributed by atoms with Crippen LogP contribution in [0.5, 0.6) is 0 Å². The Labute approximate surface area is 184 Å². The van der Waals surface area contributed by atoms with Gasteiger partial charge in [-0.05, 0) is 37.0 Å². The molecule has 8 nitrogen and oxygen atoms in total. The van der Waals surface area contributed by atoms with Gasteiger partial charge in [-0.3, -0.25) is 19.3 Å². The summed E-state index contributed by atoms with van der Waals surface area (Å²) >= 11 is 0. The number of rotatable bonds is 7. The van der Waals surface area contributed by atoms with Gasteiger partial charge in [0, 0.05) is 33.7 Å². The van der Waals surface area contributed by atoms with Crippen LogP contribution in [-0.4, -0.2) is 73.8 Å². The number of amides is 3. The van der Waals surface area contributed by atoms with E-state index in [1.165, 1.54) is 41.9 Å². The SMILES string of the molecule is CN(C)C(=O)CN=C(NCCN1C(=O)C2C3C=CC(C3)C2C1=O)NCC1CCCCC1. The average molecular weight is 430 g/mol. The third-order valence-electron chi connectivity index (χ3n) is 7.34. The number of hydrogen-bond donors (Lipinski definition) is 2. The number of likely N-dealkylation sites (N-methyl/N-ethyl adjacent to an activating group) is 1. The number of fused-ring (bicyclic) bond motifs is 5. The van der Waals surface area contributed by atoms with Gasteiger partial charge in [0.15, 0.2) is 5.96 Å². The van der Waals surface area contributed by atoms with Crippen LogP contribution in [0.2, 0.25) is 0 Å². The van der Waals surface area contributed by atoms with Crippen LogP contribution in [0.3, 0.4) is 0 Å². The molecular formula is C23H35N5O3. The predicted molar refractivity (Wildman–Crippen MR) is 118 cm³/mol. The quantitative estimate of drug-likeness (QED) is 0.273. The molecule has 4 rings (SSSR count). The van der Waals surface area contributed by atoms with E-state index in [0.717, 1.165) is 13.0 Å². The largest absolute Gasteiger partial charge is 0.356 e. The summed E-state index contributed by atoms with van der Waals surface area (Å²) in [6.07, 6.45) is 11.4. The smallest absolute Gasteiger partial charge is 0.243 e. The van der Waals surface area contributed by atoms with E-state index < -0.39 is 0 Å². The lowest BCUT2D eigenvalue weighted by atomic mass is 9.85. The van der Waals surface area contributed by atoms with E-state index in [-0.39, 0.29) is 47.9 Å². The summed E-state index contributed by atoms with van der Waals surface area (Å²) in [6, 6.07) is 0. The summed E-state index contributed by atoms with van der Waals surface area (Å²) in [7, 11) is 3.42. The second-order valence-corrected chi connectivity index (χ2v) is 9.59. The molecule has 2 bridgehead atoms. The Bertz CT molecular complexity index is 741. The molecule has 4 atom stereocenters. The third-order valence-corrected chi connectivity index (χ3v) is 7.34. The highest BCUT2D eigenvalue weighted by molar-refractivity contribution is 6.06. The van der Waals surface area contributed by atoms with Crippen molar-refractivity contribution in [3.8, 4) is 0 Å². The topological polar surface area (TPSA) is 94.1 Å². The maximum Gasteiger partial charge on any atom is 0.243 e. The highest BCUT2D eigenvalue weighted by Gasteiger charge is 2.58. The minimum absolute atomic E-state index is 0.0231. The van der Waals surface area contributed by atoms with Gasteiger partial charge in [0.1, 0.15) is 6.54 Å². The number of nitrogens with one attached hydrogen (secondary N) is 2. The number of likely N-dealkylation sites (tertiary alicyclic amines) is 1. The maximum atomic E-state index is 12.8. The Morgan fingerprint density at radius 1 is 1.06 bits per heavy atom. The highest BCUT2D eigenvalue weighted by Crippen LogP contribution is 2.52. The standard InChI is InChI=1S/C23H35N5O3/c1-27(2)18(29)14-26-23(25-13-15-6-4-3-5-7-15)24-10-11-28-21(30)19-16-8-9-17(12-16)20(19)22(28)31/h8-9,15-17,19-20H,3-7,10-14H2,1-2H3,(H2,24,25,26). The van der Waals surface area contributed by atoms with Gasteiger partial charge in [0.25, 0.3) is 0 Å². The van der Waals surface area contributed by atoms with Crippen molar-refractivity contribution >= 4 is 23.7 Å². The van der Waals surface area contributed by atoms with E-state index in [1.807, 2.05) is 0 Å². The number of allylic oxidation sites excluding steroid dienone is 2. The van der Waals surface area contributed by atoms with Gasteiger partial charge in [-0.25, -0.2) is 4.99 Å². The highest BCUT2D eigenvalue weighted by atomic mass is 16.2. The number of aliphatic imine (C=N–C) groups is 1. The molecule has 0 spiro atoms. The lowest BCUT2D eigenvalue weighted by Gasteiger charge is -2.23. The first-order chi connectivity index (χ1) is 15.0. The normalized spacial score (nSPS) is 30.1. The van der Waals surface area contributed by atoms with Crippen molar-refractivity contribution in [1.82, 2.24) is 20.4 Å². The average Bonchev–Trinajstić information content (AvgIpc) is 3.45. The van der Waals surface area contributed by atoms with Gasteiger partial charge in [0.2, 0.25) is 17.7 Å². The second kappa shape index (κ2) is 9.40. The molecule has 1 heterocycles. The summed E-state index contributed by atoms with van der Waals surface area (Å²) in [5, 5.41) is 6.60. The van der Waals surface area contributed by atoms with Crippen LogP contribution in [0.25, 0.3) is 0 Å². The Hall–Kier alpha value is -2.38. The number of guanidine groups is 1. The van der Waals surface area contributed by atoms with Crippen LogP contribution in [0.4, 0.5) is 0 Å². The molecule has 170 valence electrons. The molecule has 4 aliphatic rings. The van der Waals surface area contributed by atoms with E-state index in [1.54, 1.807) is 14.1 Å². The van der Waals surface area contributed by atoms with Crippen molar-refractivity contribution in [2.75, 3.05) is 40.3 Å². The van der Waals surface area contributed by atoms with E-state index in [0.29, 0.717) is 25.0 Å². The lowest BCUT2D eigenvalue weighted by molar-refractivity contribution is -0.140. The molecular weight excluding hydrogens is 394 g/mol. The molecule has 0 aromatic carbocycles. The molecule has 3 aliphatic carbocycles. The molecule has 1 aliphatic heterocycles. The van der Waals surface area contributed by atoms with Crippen molar-refractivity contribution in [3.63, 3.8) is 0 Å². The van der Waals surface area contributed by atoms with Gasteiger partial charge in [-0.1, -0.05) is 31.4 Å². The zero-order chi connectivity index (χ0) is 22.0. The number of hydrogen-bond acceptors (Lipinski definition) is 4. The Morgan fingerprint density at radius 3 is 2.32 bits per heavy atom. The fourth-order valence-electron chi connectivity index (χ4n) is 5.57. The fourth-order valence-corrected chi connectivity index (χ4v) is 5.57. The van der Waals surface area contributed by atoms with Gasteiger partial charge >= 0.3 is 0 Å². The van der Waals surface area contributed by atoms with Crippen molar-refractivity contribution in [2.24, 2.45) is 34.6 Å². The molecule has 2 saturated carbocycles. The van der Waals surface area contributed by atoms with Crippen molar-refractivity contribution in [1.29, 1.82) is 0 Å². The molecule has 1 saturated heterocycles. The molecule has 3 fully saturated rings. The number of carbonyl (C=O) groups excluding carboxylic acids is 3. The number of nitrogens with zero attached hydrogens (tertiary/aromatic N) is 3. The number of imide groups is 1. The molecule has 0 aromatic rings. The molecule has 0 radical (unpaired) electrons. The van der Waals surface area contributed by atoms with Crippen molar-refractivity contribution < 1.29 is 14.4 Å². The zero-order valence-electron chi connectivity index (χ0n) is 18.7. The molecule has 2 N–H and O–H groups in total. The zero-order valence-corrected chi connectivity index (χ0v) is 18.7. The summed E-state index contributed by atoms with van der Waals surface area (Å²) in [6.45, 7) is 1.64. The van der Waals surface area contributed by atoms with Gasteiger partial charge < -0.3 is 15.5 Å². The summed E-state index contributed by atoms with van der Waals surface area (Å²) in [4.78, 5) is 45.0. The fraction of sp³-hybridized carbons (Fsp3) is 0.739. The minimum Gasteiger partial charge on any atom is -0.356 e. The predicted octanol–water partition coefficient (Wildman–Crippen LogP) is 0.997. The van der Waals surface area contributed by atoms with Gasteiger partial charge in [0.05, 0.1) is 11.8 Å². The summed E-state index contributed by atoms with van der Waals surface area (Å²) in [5.41, 5.74) is 0. The monoisotopic (exact) mass is 429 g/mol. The summed E-state index contributed by atoms with van der Waals surface area (Å²) < 4.78 is 0. The first-order valence-electron chi connectivity index (χ1n) is 11.7. The van der Waals surface area contributed by atoms with Crippen LogP contribution in [-0.2, 0) is 14.4 Å². The van der Waals surface area contributed by atoms with Crippen LogP contribution >= 0.6 is 0 Å². The maximum absolute atomic E-state index is 12.8. The Morgan fingerprint density at radius 2 is 1.71 bits per heavy atom. The number of carbonyl (C=O) groups is 3. The van der Waals surface area contributed by atoms with Crippen LogP contribution < -0.4 is 10.6 Å². The van der Waals surface area contributed by atoms with Crippen molar-refractivity contribution in [2.45, 2.75) is 38.5 Å². The van der Waals surface area contributed by atoms with E-state index in [2.05, 4.69) is 27.8 Å². The van der Waals surface area contributed by atoms with Gasteiger partial charge in [-0.2, -0.15) is 0 Å². The summed E-state index contributed by atoms with van der Waals surface area (Å²) in [5.74, 6) is 1.23. The van der Waals surface area contributed by atoms with E-state index in [4.69, 9.17) is 0 Å². The molecule has 0 aromatic heterocycles. The third kappa shape index (κ3) is 4.62. The van der Waals surface area contributed by atoms with Crippen LogP contribution in [0, 0.1) is 29.6 Å². The van der Waals surface area contributed by atoms with E-state index >= 15 is 0 Å². The Kier molecular flexibility index (Phi) is 6.62. The second-order valence-electron chi connectivity index (χ2n) is 9.59.